The van der Waals surface area contributed by atoms with Crippen molar-refractivity contribution in [3.63, 3.8) is 0 Å². The van der Waals surface area contributed by atoms with E-state index < -0.39 is 0 Å². The van der Waals surface area contributed by atoms with Crippen LogP contribution in [0.15, 0.2) is 0 Å². The summed E-state index contributed by atoms with van der Waals surface area (Å²) >= 11 is 0. The molecule has 3 N–H and O–H groups in total. The van der Waals surface area contributed by atoms with Gasteiger partial charge in [-0.2, -0.15) is 4.98 Å². The zero-order chi connectivity index (χ0) is 15.1. The molecule has 0 radical (unpaired) electrons. The second-order valence-electron chi connectivity index (χ2n) is 6.75. The molecule has 2 heterocycles. The van der Waals surface area contributed by atoms with E-state index in [-0.39, 0.29) is 0 Å². The third kappa shape index (κ3) is 4.70. The number of hydrogen-bond acceptors (Lipinski definition) is 4. The lowest BCUT2D eigenvalue weighted by Gasteiger charge is -2.38. The summed E-state index contributed by atoms with van der Waals surface area (Å²) in [5, 5.41) is 7.49. The fourth-order valence-electron chi connectivity index (χ4n) is 2.89. The van der Waals surface area contributed by atoms with Crippen LogP contribution >= 0.6 is 0 Å². The molecule has 1 aromatic heterocycles. The van der Waals surface area contributed by atoms with Crippen LogP contribution in [0.4, 0.5) is 5.95 Å². The van der Waals surface area contributed by atoms with Crippen molar-refractivity contribution in [2.24, 2.45) is 11.1 Å². The van der Waals surface area contributed by atoms with Gasteiger partial charge in [-0.1, -0.05) is 39.5 Å². The van der Waals surface area contributed by atoms with Crippen LogP contribution in [0.2, 0.25) is 0 Å². The molecule has 2 rings (SSSR count). The van der Waals surface area contributed by atoms with Gasteiger partial charge in [0, 0.05) is 19.5 Å². The standard InChI is InChI=1S/C16H31N5/c1-3-4-5-6-7-8-14-18-15(20-19-14)21-11-9-16(2,13-17)10-12-21/h3-13,17H2,1-2H3,(H,18,19,20). The summed E-state index contributed by atoms with van der Waals surface area (Å²) in [5.41, 5.74) is 6.16. The Kier molecular flexibility index (Phi) is 6.03. The maximum atomic E-state index is 5.86. The van der Waals surface area contributed by atoms with E-state index >= 15 is 0 Å². The maximum Gasteiger partial charge on any atom is 0.244 e. The largest absolute Gasteiger partial charge is 0.340 e. The number of H-pyrrole nitrogens is 1. The molecule has 5 heteroatoms. The SMILES string of the molecule is CCCCCCCc1nc(N2CCC(C)(CN)CC2)n[nH]1. The van der Waals surface area contributed by atoms with Gasteiger partial charge in [-0.3, -0.25) is 5.10 Å². The van der Waals surface area contributed by atoms with E-state index in [0.717, 1.165) is 50.7 Å². The Hall–Kier alpha value is -1.10. The number of piperidine rings is 1. The van der Waals surface area contributed by atoms with Gasteiger partial charge < -0.3 is 10.6 Å². The molecular weight excluding hydrogens is 262 g/mol. The van der Waals surface area contributed by atoms with E-state index in [1.807, 2.05) is 0 Å². The molecule has 1 aliphatic heterocycles. The summed E-state index contributed by atoms with van der Waals surface area (Å²) < 4.78 is 0. The van der Waals surface area contributed by atoms with E-state index in [0.29, 0.717) is 5.41 Å². The Labute approximate surface area is 128 Å². The first-order valence-electron chi connectivity index (χ1n) is 8.53. The van der Waals surface area contributed by atoms with E-state index in [2.05, 4.69) is 33.9 Å². The number of rotatable bonds is 8. The molecule has 1 fully saturated rings. The van der Waals surface area contributed by atoms with E-state index in [1.165, 1.54) is 32.1 Å². The lowest BCUT2D eigenvalue weighted by molar-refractivity contribution is 0.257. The summed E-state index contributed by atoms with van der Waals surface area (Å²) in [4.78, 5) is 6.94. The average Bonchev–Trinajstić information content (AvgIpc) is 2.97. The number of nitrogens with one attached hydrogen (secondary N) is 1. The van der Waals surface area contributed by atoms with Crippen molar-refractivity contribution in [3.05, 3.63) is 5.82 Å². The van der Waals surface area contributed by atoms with Crippen molar-refractivity contribution in [2.45, 2.75) is 65.2 Å². The molecule has 0 unspecified atom stereocenters. The van der Waals surface area contributed by atoms with E-state index in [1.54, 1.807) is 0 Å². The number of aromatic nitrogens is 3. The third-order valence-electron chi connectivity index (χ3n) is 4.78. The van der Waals surface area contributed by atoms with E-state index in [9.17, 15) is 0 Å². The van der Waals surface area contributed by atoms with Crippen LogP contribution in [0, 0.1) is 5.41 Å². The van der Waals surface area contributed by atoms with Crippen molar-refractivity contribution in [1.82, 2.24) is 15.2 Å². The first-order valence-corrected chi connectivity index (χ1v) is 8.53. The van der Waals surface area contributed by atoms with Gasteiger partial charge in [0.2, 0.25) is 5.95 Å². The smallest absolute Gasteiger partial charge is 0.244 e. The molecule has 0 atom stereocenters. The topological polar surface area (TPSA) is 70.8 Å². The molecule has 0 aliphatic carbocycles. The fraction of sp³-hybridized carbons (Fsp3) is 0.875. The predicted octanol–water partition coefficient (Wildman–Crippen LogP) is 2.88. The molecule has 0 spiro atoms. The highest BCUT2D eigenvalue weighted by Gasteiger charge is 2.29. The van der Waals surface area contributed by atoms with Crippen molar-refractivity contribution >= 4 is 5.95 Å². The van der Waals surface area contributed by atoms with E-state index in [4.69, 9.17) is 5.73 Å². The molecule has 1 saturated heterocycles. The molecule has 0 aromatic carbocycles. The Bertz CT molecular complexity index is 407. The summed E-state index contributed by atoms with van der Waals surface area (Å²) in [7, 11) is 0. The second-order valence-corrected chi connectivity index (χ2v) is 6.75. The van der Waals surface area contributed by atoms with Crippen LogP contribution < -0.4 is 10.6 Å². The minimum atomic E-state index is 0.301. The monoisotopic (exact) mass is 293 g/mol. The lowest BCUT2D eigenvalue weighted by Crippen LogP contribution is -2.42. The highest BCUT2D eigenvalue weighted by Crippen LogP contribution is 2.30. The molecule has 1 aromatic rings. The number of aromatic amines is 1. The Balaban J connectivity index is 1.75. The zero-order valence-electron chi connectivity index (χ0n) is 13.7. The van der Waals surface area contributed by atoms with Gasteiger partial charge >= 0.3 is 0 Å². The quantitative estimate of drug-likeness (QED) is 0.723. The number of hydrogen-bond donors (Lipinski definition) is 2. The van der Waals surface area contributed by atoms with Gasteiger partial charge in [-0.15, -0.1) is 5.10 Å². The lowest BCUT2D eigenvalue weighted by atomic mass is 9.81. The molecule has 120 valence electrons. The summed E-state index contributed by atoms with van der Waals surface area (Å²) in [6.07, 6.45) is 9.75. The first-order chi connectivity index (χ1) is 10.2. The van der Waals surface area contributed by atoms with Crippen LogP contribution in [0.25, 0.3) is 0 Å². The molecule has 21 heavy (non-hydrogen) atoms. The third-order valence-corrected chi connectivity index (χ3v) is 4.78. The Morgan fingerprint density at radius 2 is 1.90 bits per heavy atom. The second kappa shape index (κ2) is 7.78. The predicted molar refractivity (Wildman–Crippen MR) is 87.5 cm³/mol. The zero-order valence-corrected chi connectivity index (χ0v) is 13.7. The highest BCUT2D eigenvalue weighted by molar-refractivity contribution is 5.29. The van der Waals surface area contributed by atoms with Gasteiger partial charge in [0.1, 0.15) is 5.82 Å². The molecule has 0 saturated carbocycles. The Morgan fingerprint density at radius 1 is 1.19 bits per heavy atom. The highest BCUT2D eigenvalue weighted by atomic mass is 15.4. The van der Waals surface area contributed by atoms with Gasteiger partial charge in [-0.25, -0.2) is 0 Å². The summed E-state index contributed by atoms with van der Waals surface area (Å²) in [6.45, 7) is 7.34. The van der Waals surface area contributed by atoms with Crippen molar-refractivity contribution in [2.75, 3.05) is 24.5 Å². The number of unbranched alkanes of at least 4 members (excludes halogenated alkanes) is 4. The fourth-order valence-corrected chi connectivity index (χ4v) is 2.89. The minimum Gasteiger partial charge on any atom is -0.340 e. The van der Waals surface area contributed by atoms with Gasteiger partial charge in [0.15, 0.2) is 0 Å². The number of anilines is 1. The summed E-state index contributed by atoms with van der Waals surface area (Å²) in [5.74, 6) is 1.91. The van der Waals surface area contributed by atoms with Crippen LogP contribution in [-0.2, 0) is 6.42 Å². The van der Waals surface area contributed by atoms with Crippen LogP contribution in [0.1, 0.15) is 64.6 Å². The number of aryl methyl sites for hydroxylation is 1. The van der Waals surface area contributed by atoms with Crippen molar-refractivity contribution < 1.29 is 0 Å². The number of nitrogens with zero attached hydrogens (tertiary/aromatic N) is 3. The minimum absolute atomic E-state index is 0.301. The molecule has 1 aliphatic rings. The Morgan fingerprint density at radius 3 is 2.57 bits per heavy atom. The normalized spacial score (nSPS) is 18.1. The maximum absolute atomic E-state index is 5.86. The first kappa shape index (κ1) is 16.3. The van der Waals surface area contributed by atoms with Gasteiger partial charge in [0.05, 0.1) is 0 Å². The van der Waals surface area contributed by atoms with Crippen molar-refractivity contribution in [1.29, 1.82) is 0 Å². The van der Waals surface area contributed by atoms with Crippen LogP contribution in [0.5, 0.6) is 0 Å². The molecular formula is C16H31N5. The molecule has 5 nitrogen and oxygen atoms in total. The number of nitrogens with two attached hydrogens (primary N) is 1. The van der Waals surface area contributed by atoms with Gasteiger partial charge in [0.25, 0.3) is 0 Å². The van der Waals surface area contributed by atoms with Crippen LogP contribution in [-0.4, -0.2) is 34.8 Å². The van der Waals surface area contributed by atoms with Crippen molar-refractivity contribution in [3.8, 4) is 0 Å². The summed E-state index contributed by atoms with van der Waals surface area (Å²) in [6, 6.07) is 0. The molecule has 0 bridgehead atoms. The van der Waals surface area contributed by atoms with Gasteiger partial charge in [-0.05, 0) is 31.2 Å². The average molecular weight is 293 g/mol. The molecule has 0 amide bonds. The van der Waals surface area contributed by atoms with Crippen LogP contribution in [0.3, 0.4) is 0 Å².